The number of ether oxygens (including phenoxy) is 1. The van der Waals surface area contributed by atoms with Crippen molar-refractivity contribution in [1.29, 1.82) is 0 Å². The van der Waals surface area contributed by atoms with Crippen molar-refractivity contribution in [3.05, 3.63) is 34.3 Å². The molecule has 0 aromatic heterocycles. The fourth-order valence-corrected chi connectivity index (χ4v) is 3.88. The Balaban J connectivity index is 1.68. The summed E-state index contributed by atoms with van der Waals surface area (Å²) in [5, 5.41) is 3.68. The molecule has 0 aliphatic carbocycles. The maximum Gasteiger partial charge on any atom is 0.0623 e. The van der Waals surface area contributed by atoms with Crippen LogP contribution in [-0.2, 0) is 11.2 Å². The summed E-state index contributed by atoms with van der Waals surface area (Å²) < 4.78 is 7.17. The molecule has 1 N–H and O–H groups in total. The van der Waals surface area contributed by atoms with Gasteiger partial charge in [0.25, 0.3) is 0 Å². The molecule has 2 fully saturated rings. The first-order chi connectivity index (χ1) is 9.26. The molecule has 0 spiro atoms. The Hall–Kier alpha value is -0.380. The predicted octanol–water partition coefficient (Wildman–Crippen LogP) is 3.54. The summed E-state index contributed by atoms with van der Waals surface area (Å²) >= 11 is 3.50. The molecule has 0 saturated carbocycles. The zero-order chi connectivity index (χ0) is 13.2. The molecule has 1 aromatic rings. The number of fused-ring (bicyclic) bond motifs is 2. The summed E-state index contributed by atoms with van der Waals surface area (Å²) in [4.78, 5) is 0. The van der Waals surface area contributed by atoms with E-state index in [1.165, 1.54) is 24.8 Å². The van der Waals surface area contributed by atoms with Gasteiger partial charge < -0.3 is 10.1 Å². The molecule has 1 aromatic carbocycles. The number of nitrogens with one attached hydrogen (secondary N) is 1. The lowest BCUT2D eigenvalue weighted by atomic mass is 9.81. The first-order valence-corrected chi connectivity index (χ1v) is 8.19. The van der Waals surface area contributed by atoms with Crippen molar-refractivity contribution < 1.29 is 4.74 Å². The Morgan fingerprint density at radius 3 is 2.68 bits per heavy atom. The van der Waals surface area contributed by atoms with Crippen LogP contribution in [0.2, 0.25) is 0 Å². The highest BCUT2D eigenvalue weighted by Crippen LogP contribution is 2.41. The zero-order valence-electron chi connectivity index (χ0n) is 11.4. The molecule has 2 nitrogen and oxygen atoms in total. The van der Waals surface area contributed by atoms with Crippen LogP contribution in [0.15, 0.2) is 28.7 Å². The molecule has 19 heavy (non-hydrogen) atoms. The fourth-order valence-electron chi connectivity index (χ4n) is 3.61. The van der Waals surface area contributed by atoms with Crippen LogP contribution >= 0.6 is 15.9 Å². The number of halogens is 1. The van der Waals surface area contributed by atoms with E-state index in [0.29, 0.717) is 24.2 Å². The number of benzene rings is 1. The van der Waals surface area contributed by atoms with Gasteiger partial charge in [-0.3, -0.25) is 0 Å². The van der Waals surface area contributed by atoms with E-state index in [1.807, 2.05) is 0 Å². The molecule has 2 saturated heterocycles. The highest BCUT2D eigenvalue weighted by Gasteiger charge is 2.43. The van der Waals surface area contributed by atoms with Gasteiger partial charge in [0.15, 0.2) is 0 Å². The van der Waals surface area contributed by atoms with Crippen LogP contribution in [0, 0.1) is 5.92 Å². The summed E-state index contributed by atoms with van der Waals surface area (Å²) in [6.45, 7) is 3.23. The standard InChI is InChI=1S/C16H22BrNO/c1-2-18-15(9-11-3-5-12(17)6-4-11)14-10-13-7-8-16(14)19-13/h3-6,13-16,18H,2,7-10H2,1H3. The van der Waals surface area contributed by atoms with Gasteiger partial charge in [0.2, 0.25) is 0 Å². The number of rotatable bonds is 5. The van der Waals surface area contributed by atoms with Crippen molar-refractivity contribution in [3.8, 4) is 0 Å². The van der Waals surface area contributed by atoms with Crippen molar-refractivity contribution in [1.82, 2.24) is 5.32 Å². The maximum absolute atomic E-state index is 6.02. The lowest BCUT2D eigenvalue weighted by molar-refractivity contribution is 0.0858. The van der Waals surface area contributed by atoms with Crippen molar-refractivity contribution in [2.24, 2.45) is 5.92 Å². The summed E-state index contributed by atoms with van der Waals surface area (Å²) in [6, 6.07) is 9.28. The maximum atomic E-state index is 6.02. The monoisotopic (exact) mass is 323 g/mol. The van der Waals surface area contributed by atoms with Gasteiger partial charge in [0, 0.05) is 16.4 Å². The third-order valence-corrected chi connectivity index (χ3v) is 5.03. The average molecular weight is 324 g/mol. The largest absolute Gasteiger partial charge is 0.375 e. The Bertz CT molecular complexity index is 419. The van der Waals surface area contributed by atoms with E-state index in [0.717, 1.165) is 17.4 Å². The van der Waals surface area contributed by atoms with E-state index in [9.17, 15) is 0 Å². The molecule has 4 atom stereocenters. The van der Waals surface area contributed by atoms with Crippen LogP contribution in [-0.4, -0.2) is 24.8 Å². The Morgan fingerprint density at radius 2 is 2.11 bits per heavy atom. The van der Waals surface area contributed by atoms with Crippen LogP contribution in [0.3, 0.4) is 0 Å². The highest BCUT2D eigenvalue weighted by molar-refractivity contribution is 9.10. The summed E-state index contributed by atoms with van der Waals surface area (Å²) in [5.41, 5.74) is 1.41. The molecule has 2 aliphatic heterocycles. The lowest BCUT2D eigenvalue weighted by Gasteiger charge is -2.29. The van der Waals surface area contributed by atoms with Gasteiger partial charge in [0.05, 0.1) is 12.2 Å². The summed E-state index contributed by atoms with van der Waals surface area (Å²) in [6.07, 6.45) is 5.94. The van der Waals surface area contributed by atoms with Gasteiger partial charge in [-0.25, -0.2) is 0 Å². The molecule has 4 unspecified atom stereocenters. The first-order valence-electron chi connectivity index (χ1n) is 7.39. The van der Waals surface area contributed by atoms with Gasteiger partial charge in [-0.15, -0.1) is 0 Å². The number of likely N-dealkylation sites (N-methyl/N-ethyl adjacent to an activating group) is 1. The zero-order valence-corrected chi connectivity index (χ0v) is 13.0. The molecular formula is C16H22BrNO. The number of hydrogen-bond donors (Lipinski definition) is 1. The smallest absolute Gasteiger partial charge is 0.0623 e. The van der Waals surface area contributed by atoms with E-state index in [2.05, 4.69) is 52.4 Å². The third kappa shape index (κ3) is 3.04. The minimum atomic E-state index is 0.504. The molecule has 3 heteroatoms. The normalized spacial score (nSPS) is 30.7. The van der Waals surface area contributed by atoms with E-state index < -0.39 is 0 Å². The van der Waals surface area contributed by atoms with E-state index in [1.54, 1.807) is 0 Å². The summed E-state index contributed by atoms with van der Waals surface area (Å²) in [7, 11) is 0. The molecule has 0 radical (unpaired) electrons. The topological polar surface area (TPSA) is 21.3 Å². The minimum absolute atomic E-state index is 0.504. The lowest BCUT2D eigenvalue weighted by Crippen LogP contribution is -2.42. The van der Waals surface area contributed by atoms with Crippen LogP contribution in [0.1, 0.15) is 31.7 Å². The van der Waals surface area contributed by atoms with Gasteiger partial charge in [0.1, 0.15) is 0 Å². The Kier molecular flexibility index (Phi) is 4.25. The average Bonchev–Trinajstić information content (AvgIpc) is 3.03. The second-order valence-corrected chi connectivity index (χ2v) is 6.68. The van der Waals surface area contributed by atoms with Crippen LogP contribution in [0.4, 0.5) is 0 Å². The molecule has 2 bridgehead atoms. The quantitative estimate of drug-likeness (QED) is 0.894. The Labute approximate surface area is 124 Å². The van der Waals surface area contributed by atoms with Crippen LogP contribution < -0.4 is 5.32 Å². The predicted molar refractivity (Wildman–Crippen MR) is 81.3 cm³/mol. The third-order valence-electron chi connectivity index (χ3n) is 4.51. The SMILES string of the molecule is CCNC(Cc1ccc(Br)cc1)C1CC2CCC1O2. The van der Waals surface area contributed by atoms with Crippen molar-refractivity contribution >= 4 is 15.9 Å². The Morgan fingerprint density at radius 1 is 1.32 bits per heavy atom. The second-order valence-electron chi connectivity index (χ2n) is 5.77. The van der Waals surface area contributed by atoms with Gasteiger partial charge in [-0.1, -0.05) is 35.0 Å². The first kappa shape index (κ1) is 13.6. The van der Waals surface area contributed by atoms with Crippen LogP contribution in [0.25, 0.3) is 0 Å². The number of hydrogen-bond acceptors (Lipinski definition) is 2. The molecule has 2 aliphatic rings. The van der Waals surface area contributed by atoms with Crippen molar-refractivity contribution in [2.45, 2.75) is 50.9 Å². The molecule has 3 rings (SSSR count). The van der Waals surface area contributed by atoms with Gasteiger partial charge in [-0.05, 0) is 49.9 Å². The minimum Gasteiger partial charge on any atom is -0.375 e. The van der Waals surface area contributed by atoms with Gasteiger partial charge >= 0.3 is 0 Å². The van der Waals surface area contributed by atoms with E-state index in [4.69, 9.17) is 4.74 Å². The van der Waals surface area contributed by atoms with E-state index >= 15 is 0 Å². The van der Waals surface area contributed by atoms with Crippen molar-refractivity contribution in [3.63, 3.8) is 0 Å². The van der Waals surface area contributed by atoms with Crippen molar-refractivity contribution in [2.75, 3.05) is 6.54 Å². The fraction of sp³-hybridized carbons (Fsp3) is 0.625. The molecule has 2 heterocycles. The summed E-state index contributed by atoms with van der Waals surface area (Å²) in [5.74, 6) is 0.697. The highest BCUT2D eigenvalue weighted by atomic mass is 79.9. The van der Waals surface area contributed by atoms with Gasteiger partial charge in [-0.2, -0.15) is 0 Å². The second kappa shape index (κ2) is 5.94. The molecule has 104 valence electrons. The van der Waals surface area contributed by atoms with Crippen LogP contribution in [0.5, 0.6) is 0 Å². The molecular weight excluding hydrogens is 302 g/mol. The molecule has 0 amide bonds. The van der Waals surface area contributed by atoms with E-state index in [-0.39, 0.29) is 0 Å².